The predicted molar refractivity (Wildman–Crippen MR) is 81.2 cm³/mol. The van der Waals surface area contributed by atoms with Crippen molar-refractivity contribution >= 4 is 23.2 Å². The van der Waals surface area contributed by atoms with Gasteiger partial charge in [-0.25, -0.2) is 0 Å². The summed E-state index contributed by atoms with van der Waals surface area (Å²) >= 11 is 6.18. The van der Waals surface area contributed by atoms with Gasteiger partial charge in [-0.15, -0.1) is 0 Å². The molecule has 110 valence electrons. The standard InChI is InChI=1S/C15H21ClN2O2/c1-10-6-11(2)15(13(16)7-10)17-14(20)8-18-5-3-4-12(18)9-19/h6-7,12,19H,3-5,8-9H2,1-2H3,(H,17,20)/t12-/m1/s1. The number of aryl methyl sites for hydroxylation is 2. The molecule has 2 N–H and O–H groups in total. The minimum absolute atomic E-state index is 0.0841. The van der Waals surface area contributed by atoms with Crippen LogP contribution < -0.4 is 5.32 Å². The van der Waals surface area contributed by atoms with E-state index in [1.165, 1.54) is 0 Å². The minimum atomic E-state index is -0.0841. The number of anilines is 1. The molecule has 2 rings (SSSR count). The van der Waals surface area contributed by atoms with Crippen molar-refractivity contribution in [3.63, 3.8) is 0 Å². The van der Waals surface area contributed by atoms with Gasteiger partial charge in [0.15, 0.2) is 0 Å². The highest BCUT2D eigenvalue weighted by molar-refractivity contribution is 6.34. The van der Waals surface area contributed by atoms with Gasteiger partial charge in [0, 0.05) is 6.04 Å². The second kappa shape index (κ2) is 6.57. The van der Waals surface area contributed by atoms with Crippen LogP contribution in [0.4, 0.5) is 5.69 Å². The van der Waals surface area contributed by atoms with Crippen molar-refractivity contribution < 1.29 is 9.90 Å². The zero-order valence-corrected chi connectivity index (χ0v) is 12.7. The van der Waals surface area contributed by atoms with E-state index in [4.69, 9.17) is 11.6 Å². The Kier molecular flexibility index (Phi) is 5.02. The summed E-state index contributed by atoms with van der Waals surface area (Å²) in [5, 5.41) is 12.7. The monoisotopic (exact) mass is 296 g/mol. The lowest BCUT2D eigenvalue weighted by Crippen LogP contribution is -2.38. The molecule has 0 aliphatic carbocycles. The summed E-state index contributed by atoms with van der Waals surface area (Å²) in [6.45, 7) is 5.17. The molecule has 0 saturated carbocycles. The van der Waals surface area contributed by atoms with Crippen LogP contribution in [0.1, 0.15) is 24.0 Å². The Morgan fingerprint density at radius 1 is 1.50 bits per heavy atom. The molecule has 1 heterocycles. The third-order valence-electron chi connectivity index (χ3n) is 3.75. The van der Waals surface area contributed by atoms with Crippen LogP contribution in [0.2, 0.25) is 5.02 Å². The highest BCUT2D eigenvalue weighted by Gasteiger charge is 2.25. The average molecular weight is 297 g/mol. The highest BCUT2D eigenvalue weighted by atomic mass is 35.5. The van der Waals surface area contributed by atoms with Gasteiger partial charge in [0.05, 0.1) is 23.9 Å². The van der Waals surface area contributed by atoms with E-state index in [0.717, 1.165) is 30.5 Å². The predicted octanol–water partition coefficient (Wildman–Crippen LogP) is 2.35. The molecule has 0 spiro atoms. The fourth-order valence-electron chi connectivity index (χ4n) is 2.75. The van der Waals surface area contributed by atoms with E-state index in [9.17, 15) is 9.90 Å². The number of nitrogens with one attached hydrogen (secondary N) is 1. The summed E-state index contributed by atoms with van der Waals surface area (Å²) in [7, 11) is 0. The summed E-state index contributed by atoms with van der Waals surface area (Å²) in [5.41, 5.74) is 2.72. The van der Waals surface area contributed by atoms with Crippen molar-refractivity contribution in [2.75, 3.05) is 25.0 Å². The van der Waals surface area contributed by atoms with Crippen molar-refractivity contribution in [1.82, 2.24) is 4.90 Å². The number of hydrogen-bond acceptors (Lipinski definition) is 3. The summed E-state index contributed by atoms with van der Waals surface area (Å²) in [4.78, 5) is 14.1. The number of aliphatic hydroxyl groups is 1. The Bertz CT molecular complexity index is 482. The maximum Gasteiger partial charge on any atom is 0.238 e. The Labute approximate surface area is 124 Å². The first-order valence-electron chi connectivity index (χ1n) is 6.92. The first-order valence-corrected chi connectivity index (χ1v) is 7.30. The van der Waals surface area contributed by atoms with Gasteiger partial charge in [0.25, 0.3) is 0 Å². The Hall–Kier alpha value is -1.10. The van der Waals surface area contributed by atoms with Crippen LogP contribution >= 0.6 is 11.6 Å². The van der Waals surface area contributed by atoms with E-state index in [1.54, 1.807) is 0 Å². The first kappa shape index (κ1) is 15.3. The van der Waals surface area contributed by atoms with E-state index in [-0.39, 0.29) is 18.6 Å². The number of rotatable bonds is 4. The lowest BCUT2D eigenvalue weighted by Gasteiger charge is -2.22. The molecule has 5 heteroatoms. The Morgan fingerprint density at radius 3 is 2.90 bits per heavy atom. The SMILES string of the molecule is Cc1cc(C)c(NC(=O)CN2CCC[C@@H]2CO)c(Cl)c1. The molecule has 1 aromatic rings. The molecule has 4 nitrogen and oxygen atoms in total. The zero-order chi connectivity index (χ0) is 14.7. The van der Waals surface area contributed by atoms with Gasteiger partial charge in [-0.1, -0.05) is 17.7 Å². The number of aliphatic hydroxyl groups excluding tert-OH is 1. The van der Waals surface area contributed by atoms with E-state index in [2.05, 4.69) is 5.32 Å². The van der Waals surface area contributed by atoms with E-state index < -0.39 is 0 Å². The highest BCUT2D eigenvalue weighted by Crippen LogP contribution is 2.27. The van der Waals surface area contributed by atoms with Crippen molar-refractivity contribution in [3.8, 4) is 0 Å². The summed E-state index contributed by atoms with van der Waals surface area (Å²) in [6, 6.07) is 3.94. The molecule has 0 radical (unpaired) electrons. The van der Waals surface area contributed by atoms with Gasteiger partial charge in [-0.2, -0.15) is 0 Å². The second-order valence-corrected chi connectivity index (χ2v) is 5.84. The van der Waals surface area contributed by atoms with Crippen LogP contribution in [-0.2, 0) is 4.79 Å². The topological polar surface area (TPSA) is 52.6 Å². The number of halogens is 1. The fraction of sp³-hybridized carbons (Fsp3) is 0.533. The van der Waals surface area contributed by atoms with E-state index in [0.29, 0.717) is 17.3 Å². The van der Waals surface area contributed by atoms with Crippen LogP contribution in [0.3, 0.4) is 0 Å². The summed E-state index contributed by atoms with van der Waals surface area (Å²) < 4.78 is 0. The van der Waals surface area contributed by atoms with Crippen molar-refractivity contribution in [3.05, 3.63) is 28.3 Å². The molecular formula is C15H21ClN2O2. The first-order chi connectivity index (χ1) is 9.51. The van der Waals surface area contributed by atoms with E-state index in [1.807, 2.05) is 30.9 Å². The van der Waals surface area contributed by atoms with Gasteiger partial charge >= 0.3 is 0 Å². The minimum Gasteiger partial charge on any atom is -0.395 e. The third-order valence-corrected chi connectivity index (χ3v) is 4.05. The van der Waals surface area contributed by atoms with Crippen molar-refractivity contribution in [2.45, 2.75) is 32.7 Å². The third kappa shape index (κ3) is 3.51. The van der Waals surface area contributed by atoms with Crippen LogP contribution in [0.25, 0.3) is 0 Å². The fourth-order valence-corrected chi connectivity index (χ4v) is 3.12. The molecule has 1 aromatic carbocycles. The van der Waals surface area contributed by atoms with Crippen LogP contribution in [0.15, 0.2) is 12.1 Å². The van der Waals surface area contributed by atoms with Gasteiger partial charge in [-0.05, 0) is 50.4 Å². The number of hydrogen-bond donors (Lipinski definition) is 2. The van der Waals surface area contributed by atoms with Crippen molar-refractivity contribution in [1.29, 1.82) is 0 Å². The number of benzene rings is 1. The largest absolute Gasteiger partial charge is 0.395 e. The molecule has 0 aromatic heterocycles. The maximum absolute atomic E-state index is 12.1. The van der Waals surface area contributed by atoms with Crippen LogP contribution in [0, 0.1) is 13.8 Å². The lowest BCUT2D eigenvalue weighted by molar-refractivity contribution is -0.117. The molecule has 1 atom stereocenters. The van der Waals surface area contributed by atoms with Gasteiger partial charge in [-0.3, -0.25) is 9.69 Å². The molecule has 1 saturated heterocycles. The lowest BCUT2D eigenvalue weighted by atomic mass is 10.1. The summed E-state index contributed by atoms with van der Waals surface area (Å²) in [5.74, 6) is -0.0841. The quantitative estimate of drug-likeness (QED) is 0.897. The van der Waals surface area contributed by atoms with Gasteiger partial charge in [0.2, 0.25) is 5.91 Å². The second-order valence-electron chi connectivity index (χ2n) is 5.44. The molecule has 1 amide bonds. The molecule has 0 unspecified atom stereocenters. The molecule has 1 aliphatic heterocycles. The van der Waals surface area contributed by atoms with Crippen LogP contribution in [-0.4, -0.2) is 41.7 Å². The maximum atomic E-state index is 12.1. The molecule has 20 heavy (non-hydrogen) atoms. The number of likely N-dealkylation sites (tertiary alicyclic amines) is 1. The average Bonchev–Trinajstić information content (AvgIpc) is 2.81. The molecule has 1 aliphatic rings. The van der Waals surface area contributed by atoms with Gasteiger partial charge < -0.3 is 10.4 Å². The van der Waals surface area contributed by atoms with Crippen molar-refractivity contribution in [2.24, 2.45) is 0 Å². The zero-order valence-electron chi connectivity index (χ0n) is 11.9. The number of carbonyl (C=O) groups excluding carboxylic acids is 1. The normalized spacial score (nSPS) is 19.3. The number of carbonyl (C=O) groups is 1. The van der Waals surface area contributed by atoms with Gasteiger partial charge in [0.1, 0.15) is 0 Å². The number of nitrogens with zero attached hydrogens (tertiary/aromatic N) is 1. The molecule has 1 fully saturated rings. The number of amides is 1. The Morgan fingerprint density at radius 2 is 2.25 bits per heavy atom. The summed E-state index contributed by atoms with van der Waals surface area (Å²) in [6.07, 6.45) is 1.98. The smallest absolute Gasteiger partial charge is 0.238 e. The Balaban J connectivity index is 2.01. The van der Waals surface area contributed by atoms with E-state index >= 15 is 0 Å². The van der Waals surface area contributed by atoms with Crippen LogP contribution in [0.5, 0.6) is 0 Å². The molecule has 0 bridgehead atoms. The molecular weight excluding hydrogens is 276 g/mol.